The molecule has 2 amide bonds. The summed E-state index contributed by atoms with van der Waals surface area (Å²) in [6, 6.07) is 6.80. The van der Waals surface area contributed by atoms with E-state index < -0.39 is 0 Å². The van der Waals surface area contributed by atoms with E-state index in [0.717, 1.165) is 4.90 Å². The molecule has 0 saturated heterocycles. The summed E-state index contributed by atoms with van der Waals surface area (Å²) in [5, 5.41) is 0. The van der Waals surface area contributed by atoms with Gasteiger partial charge in [0, 0.05) is 0 Å². The van der Waals surface area contributed by atoms with E-state index in [1.807, 2.05) is 0 Å². The molecule has 0 aliphatic carbocycles. The first kappa shape index (κ1) is 11.2. The van der Waals surface area contributed by atoms with E-state index in [-0.39, 0.29) is 18.4 Å². The fraction of sp³-hybridized carbons (Fsp3) is 0.143. The average Bonchev–Trinajstić information content (AvgIpc) is 2.54. The number of allylic oxidation sites excluding steroid dienone is 1. The van der Waals surface area contributed by atoms with Crippen molar-refractivity contribution in [3.63, 3.8) is 0 Å². The molecule has 0 spiro atoms. The summed E-state index contributed by atoms with van der Waals surface area (Å²) in [4.78, 5) is 24.9. The Hall–Kier alpha value is -2.34. The lowest BCUT2D eigenvalue weighted by atomic mass is 10.1. The van der Waals surface area contributed by atoms with Gasteiger partial charge in [0.1, 0.15) is 0 Å². The number of carbonyl (C=O) groups is 2. The molecule has 1 aliphatic heterocycles. The van der Waals surface area contributed by atoms with Crippen LogP contribution in [0.4, 0.5) is 0 Å². The number of benzene rings is 1. The molecule has 2 rings (SSSR count). The molecule has 17 heavy (non-hydrogen) atoms. The standard InChI is InChI=1S/C14H11NO2/c1-10(2)6-5-9-15-13(16)11-7-3-4-8-12(11)14(15)17/h3-4,7-8H,1,9H2,2H3. The molecule has 3 heteroatoms. The Bertz CT molecular complexity index is 540. The first-order valence-electron chi connectivity index (χ1n) is 5.21. The molecular formula is C14H11NO2. The molecule has 3 nitrogen and oxygen atoms in total. The lowest BCUT2D eigenvalue weighted by molar-refractivity contribution is 0.0675. The van der Waals surface area contributed by atoms with Crippen molar-refractivity contribution in [2.45, 2.75) is 6.92 Å². The number of rotatable bonds is 1. The second-order valence-electron chi connectivity index (χ2n) is 3.82. The zero-order chi connectivity index (χ0) is 12.4. The number of amides is 2. The number of hydrogen-bond donors (Lipinski definition) is 0. The van der Waals surface area contributed by atoms with Gasteiger partial charge in [-0.3, -0.25) is 14.5 Å². The highest BCUT2D eigenvalue weighted by Gasteiger charge is 2.34. The fourth-order valence-electron chi connectivity index (χ4n) is 1.65. The van der Waals surface area contributed by atoms with Crippen molar-refractivity contribution < 1.29 is 9.59 Å². The molecule has 0 saturated carbocycles. The first-order chi connectivity index (χ1) is 8.11. The number of carbonyl (C=O) groups excluding carboxylic acids is 2. The molecule has 0 N–H and O–H groups in total. The monoisotopic (exact) mass is 225 g/mol. The number of hydrogen-bond acceptors (Lipinski definition) is 2. The molecule has 0 atom stereocenters. The summed E-state index contributed by atoms with van der Waals surface area (Å²) in [5.74, 6) is 4.95. The van der Waals surface area contributed by atoms with Gasteiger partial charge in [-0.05, 0) is 24.6 Å². The smallest absolute Gasteiger partial charge is 0.262 e. The fourth-order valence-corrected chi connectivity index (χ4v) is 1.65. The Labute approximate surface area is 99.7 Å². The molecule has 0 fully saturated rings. The molecule has 84 valence electrons. The quantitative estimate of drug-likeness (QED) is 0.540. The zero-order valence-corrected chi connectivity index (χ0v) is 9.49. The summed E-state index contributed by atoms with van der Waals surface area (Å²) in [6.07, 6.45) is 0. The van der Waals surface area contributed by atoms with Crippen molar-refractivity contribution in [3.05, 3.63) is 47.5 Å². The maximum absolute atomic E-state index is 11.9. The third-order valence-corrected chi connectivity index (χ3v) is 2.42. The number of fused-ring (bicyclic) bond motifs is 1. The van der Waals surface area contributed by atoms with E-state index in [9.17, 15) is 9.59 Å². The second-order valence-corrected chi connectivity index (χ2v) is 3.82. The van der Waals surface area contributed by atoms with Gasteiger partial charge >= 0.3 is 0 Å². The number of imide groups is 1. The third-order valence-electron chi connectivity index (χ3n) is 2.42. The van der Waals surface area contributed by atoms with Gasteiger partial charge in [0.25, 0.3) is 11.8 Å². The summed E-state index contributed by atoms with van der Waals surface area (Å²) in [7, 11) is 0. The predicted molar refractivity (Wildman–Crippen MR) is 64.4 cm³/mol. The molecule has 0 bridgehead atoms. The molecule has 1 aromatic rings. The van der Waals surface area contributed by atoms with Gasteiger partial charge in [-0.1, -0.05) is 30.6 Å². The highest BCUT2D eigenvalue weighted by Crippen LogP contribution is 2.21. The first-order valence-corrected chi connectivity index (χ1v) is 5.21. The molecule has 0 unspecified atom stereocenters. The van der Waals surface area contributed by atoms with Crippen molar-refractivity contribution in [2.75, 3.05) is 6.54 Å². The van der Waals surface area contributed by atoms with E-state index >= 15 is 0 Å². The molecule has 0 aromatic heterocycles. The highest BCUT2D eigenvalue weighted by molar-refractivity contribution is 6.21. The van der Waals surface area contributed by atoms with E-state index in [0.29, 0.717) is 16.7 Å². The van der Waals surface area contributed by atoms with Gasteiger partial charge in [0.15, 0.2) is 0 Å². The van der Waals surface area contributed by atoms with Gasteiger partial charge in [-0.2, -0.15) is 0 Å². The van der Waals surface area contributed by atoms with E-state index in [4.69, 9.17) is 0 Å². The van der Waals surface area contributed by atoms with Crippen LogP contribution in [0.3, 0.4) is 0 Å². The van der Waals surface area contributed by atoms with Crippen molar-refractivity contribution in [3.8, 4) is 11.8 Å². The Morgan fingerprint density at radius 2 is 1.76 bits per heavy atom. The van der Waals surface area contributed by atoms with E-state index in [1.165, 1.54) is 0 Å². The van der Waals surface area contributed by atoms with Crippen LogP contribution in [0.15, 0.2) is 36.4 Å². The van der Waals surface area contributed by atoms with Crippen LogP contribution in [0, 0.1) is 11.8 Å². The summed E-state index contributed by atoms with van der Waals surface area (Å²) < 4.78 is 0. The van der Waals surface area contributed by atoms with E-state index in [1.54, 1.807) is 31.2 Å². The SMILES string of the molecule is C=C(C)C#CCN1C(=O)c2ccccc2C1=O. The lowest BCUT2D eigenvalue weighted by Crippen LogP contribution is -2.29. The van der Waals surface area contributed by atoms with Crippen molar-refractivity contribution >= 4 is 11.8 Å². The van der Waals surface area contributed by atoms with Crippen LogP contribution in [-0.4, -0.2) is 23.3 Å². The second kappa shape index (κ2) is 4.26. The van der Waals surface area contributed by atoms with Gasteiger partial charge < -0.3 is 0 Å². The Kier molecular flexibility index (Phi) is 2.80. The molecule has 0 radical (unpaired) electrons. The zero-order valence-electron chi connectivity index (χ0n) is 9.49. The van der Waals surface area contributed by atoms with E-state index in [2.05, 4.69) is 18.4 Å². The van der Waals surface area contributed by atoms with Crippen LogP contribution in [-0.2, 0) is 0 Å². The van der Waals surface area contributed by atoms with Gasteiger partial charge in [-0.25, -0.2) is 0 Å². The molecule has 1 aliphatic rings. The lowest BCUT2D eigenvalue weighted by Gasteiger charge is -2.08. The van der Waals surface area contributed by atoms with Gasteiger partial charge in [0.05, 0.1) is 17.7 Å². The Morgan fingerprint density at radius 1 is 1.24 bits per heavy atom. The van der Waals surface area contributed by atoms with Crippen molar-refractivity contribution in [2.24, 2.45) is 0 Å². The largest absolute Gasteiger partial charge is 0.269 e. The molecular weight excluding hydrogens is 214 g/mol. The summed E-state index contributed by atoms with van der Waals surface area (Å²) in [6.45, 7) is 5.52. The maximum atomic E-state index is 11.9. The topological polar surface area (TPSA) is 37.4 Å². The molecule has 1 heterocycles. The minimum atomic E-state index is -0.276. The van der Waals surface area contributed by atoms with Crippen LogP contribution in [0.25, 0.3) is 0 Å². The van der Waals surface area contributed by atoms with Gasteiger partial charge in [-0.15, -0.1) is 0 Å². The minimum Gasteiger partial charge on any atom is -0.269 e. The Morgan fingerprint density at radius 3 is 2.24 bits per heavy atom. The van der Waals surface area contributed by atoms with Crippen molar-refractivity contribution in [1.29, 1.82) is 0 Å². The van der Waals surface area contributed by atoms with Crippen LogP contribution in [0.5, 0.6) is 0 Å². The molecule has 1 aromatic carbocycles. The minimum absolute atomic E-state index is 0.110. The van der Waals surface area contributed by atoms with Crippen LogP contribution < -0.4 is 0 Å². The predicted octanol–water partition coefficient (Wildman–Crippen LogP) is 1.86. The van der Waals surface area contributed by atoms with Crippen LogP contribution in [0.1, 0.15) is 27.6 Å². The van der Waals surface area contributed by atoms with Crippen molar-refractivity contribution in [1.82, 2.24) is 4.90 Å². The van der Waals surface area contributed by atoms with Gasteiger partial charge in [0.2, 0.25) is 0 Å². The van der Waals surface area contributed by atoms with Crippen LogP contribution >= 0.6 is 0 Å². The number of nitrogens with zero attached hydrogens (tertiary/aromatic N) is 1. The van der Waals surface area contributed by atoms with Crippen LogP contribution in [0.2, 0.25) is 0 Å². The Balaban J connectivity index is 2.26. The average molecular weight is 225 g/mol. The summed E-state index contributed by atoms with van der Waals surface area (Å²) >= 11 is 0. The third kappa shape index (κ3) is 1.98. The maximum Gasteiger partial charge on any atom is 0.262 e. The summed E-state index contributed by atoms with van der Waals surface area (Å²) in [5.41, 5.74) is 1.62. The normalized spacial score (nSPS) is 13.1. The highest BCUT2D eigenvalue weighted by atomic mass is 16.2.